The van der Waals surface area contributed by atoms with E-state index in [1.165, 1.54) is 0 Å². The van der Waals surface area contributed by atoms with Crippen LogP contribution in [0.15, 0.2) is 47.0 Å². The number of hydrogen-bond donors (Lipinski definition) is 0. The molecule has 0 atom stereocenters. The van der Waals surface area contributed by atoms with Crippen molar-refractivity contribution in [1.82, 2.24) is 15.0 Å². The summed E-state index contributed by atoms with van der Waals surface area (Å²) in [5.74, 6) is 1.38. The number of hydrogen-bond acceptors (Lipinski definition) is 6. The third-order valence-electron chi connectivity index (χ3n) is 5.40. The van der Waals surface area contributed by atoms with Gasteiger partial charge in [-0.05, 0) is 55.3 Å². The van der Waals surface area contributed by atoms with E-state index in [1.54, 1.807) is 54.3 Å². The maximum absolute atomic E-state index is 12.9. The molecule has 0 saturated carbocycles. The number of Topliss-reactive ketones (excluding diaryl/α,β-unsaturated/α-hetero) is 1. The molecule has 0 aliphatic carbocycles. The molecule has 2 aromatic carbocycles. The summed E-state index contributed by atoms with van der Waals surface area (Å²) in [6, 6.07) is 11.9. The van der Waals surface area contributed by atoms with Crippen LogP contribution in [0.2, 0.25) is 10.0 Å². The number of amides is 1. The minimum Gasteiger partial charge on any atom is -0.485 e. The van der Waals surface area contributed by atoms with E-state index >= 15 is 0 Å². The minimum atomic E-state index is -0.138. The third kappa shape index (κ3) is 5.11. The highest BCUT2D eigenvalue weighted by Crippen LogP contribution is 2.27. The minimum absolute atomic E-state index is 0.0361. The van der Waals surface area contributed by atoms with Crippen LogP contribution < -0.4 is 4.74 Å². The van der Waals surface area contributed by atoms with Crippen LogP contribution in [0.25, 0.3) is 0 Å². The van der Waals surface area contributed by atoms with Gasteiger partial charge in [-0.1, -0.05) is 28.4 Å². The number of benzene rings is 2. The van der Waals surface area contributed by atoms with Gasteiger partial charge in [0.2, 0.25) is 11.7 Å². The van der Waals surface area contributed by atoms with Crippen LogP contribution in [0.3, 0.4) is 0 Å². The number of aryl methyl sites for hydroxylation is 1. The van der Waals surface area contributed by atoms with Gasteiger partial charge in [0.1, 0.15) is 5.75 Å². The van der Waals surface area contributed by atoms with Crippen LogP contribution >= 0.6 is 23.2 Å². The predicted molar refractivity (Wildman–Crippen MR) is 119 cm³/mol. The molecule has 1 aliphatic heterocycles. The van der Waals surface area contributed by atoms with Crippen molar-refractivity contribution in [2.24, 2.45) is 5.92 Å². The van der Waals surface area contributed by atoms with Gasteiger partial charge in [0, 0.05) is 37.1 Å². The number of piperidine rings is 1. The lowest BCUT2D eigenvalue weighted by Gasteiger charge is -2.31. The van der Waals surface area contributed by atoms with Crippen LogP contribution in [-0.2, 0) is 6.61 Å². The summed E-state index contributed by atoms with van der Waals surface area (Å²) in [7, 11) is 0. The number of ether oxygens (including phenoxy) is 1. The Balaban J connectivity index is 1.30. The summed E-state index contributed by atoms with van der Waals surface area (Å²) < 4.78 is 10.5. The SMILES string of the molecule is Cc1nc(COc2ccc(C(=O)N3CCC(C(=O)c4ccc(Cl)c(Cl)c4)CC3)cc2)no1. The topological polar surface area (TPSA) is 85.5 Å². The molecular weight excluding hydrogens is 453 g/mol. The summed E-state index contributed by atoms with van der Waals surface area (Å²) in [5, 5.41) is 4.56. The summed E-state index contributed by atoms with van der Waals surface area (Å²) >= 11 is 12.0. The average molecular weight is 474 g/mol. The average Bonchev–Trinajstić information content (AvgIpc) is 3.24. The summed E-state index contributed by atoms with van der Waals surface area (Å²) in [6.07, 6.45) is 1.21. The monoisotopic (exact) mass is 473 g/mol. The molecule has 9 heteroatoms. The first-order valence-electron chi connectivity index (χ1n) is 10.2. The fraction of sp³-hybridized carbons (Fsp3) is 0.304. The van der Waals surface area contributed by atoms with Crippen molar-refractivity contribution < 1.29 is 18.8 Å². The van der Waals surface area contributed by atoms with Crippen molar-refractivity contribution in [3.8, 4) is 5.75 Å². The lowest BCUT2D eigenvalue weighted by Crippen LogP contribution is -2.40. The standard InChI is InChI=1S/C23H21Cl2N3O4/c1-14-26-21(27-32-14)13-31-18-5-2-16(3-6-18)23(30)28-10-8-15(9-11-28)22(29)17-4-7-19(24)20(25)12-17/h2-7,12,15H,8-11,13H2,1H3. The summed E-state index contributed by atoms with van der Waals surface area (Å²) in [6.45, 7) is 2.94. The largest absolute Gasteiger partial charge is 0.485 e. The molecule has 1 amide bonds. The molecule has 1 aliphatic rings. The van der Waals surface area contributed by atoms with E-state index in [9.17, 15) is 9.59 Å². The first-order chi connectivity index (χ1) is 15.4. The van der Waals surface area contributed by atoms with Gasteiger partial charge in [-0.25, -0.2) is 0 Å². The number of aromatic nitrogens is 2. The molecule has 7 nitrogen and oxygen atoms in total. The first-order valence-corrected chi connectivity index (χ1v) is 11.0. The Hall–Kier alpha value is -2.90. The van der Waals surface area contributed by atoms with Crippen LogP contribution in [0.1, 0.15) is 45.3 Å². The number of nitrogens with zero attached hydrogens (tertiary/aromatic N) is 3. The third-order valence-corrected chi connectivity index (χ3v) is 6.13. The fourth-order valence-electron chi connectivity index (χ4n) is 3.65. The van der Waals surface area contributed by atoms with E-state index in [2.05, 4.69) is 10.1 Å². The zero-order valence-electron chi connectivity index (χ0n) is 17.4. The Morgan fingerprint density at radius 3 is 2.38 bits per heavy atom. The number of rotatable bonds is 6. The zero-order valence-corrected chi connectivity index (χ0v) is 18.9. The zero-order chi connectivity index (χ0) is 22.7. The van der Waals surface area contributed by atoms with E-state index in [4.69, 9.17) is 32.5 Å². The predicted octanol–water partition coefficient (Wildman–Crippen LogP) is 5.00. The van der Waals surface area contributed by atoms with Gasteiger partial charge >= 0.3 is 0 Å². The molecule has 4 rings (SSSR count). The Labute approximate surface area is 195 Å². The second-order valence-electron chi connectivity index (χ2n) is 7.60. The molecule has 0 unspecified atom stereocenters. The molecule has 1 aromatic heterocycles. The van der Waals surface area contributed by atoms with E-state index in [-0.39, 0.29) is 24.2 Å². The maximum Gasteiger partial charge on any atom is 0.253 e. The Kier molecular flexibility index (Phi) is 6.77. The molecule has 32 heavy (non-hydrogen) atoms. The van der Waals surface area contributed by atoms with Crippen LogP contribution in [-0.4, -0.2) is 39.8 Å². The van der Waals surface area contributed by atoms with Crippen LogP contribution in [0, 0.1) is 12.8 Å². The quantitative estimate of drug-likeness (QED) is 0.468. The lowest BCUT2D eigenvalue weighted by atomic mass is 9.88. The highest BCUT2D eigenvalue weighted by Gasteiger charge is 2.28. The van der Waals surface area contributed by atoms with E-state index in [0.717, 1.165) is 0 Å². The van der Waals surface area contributed by atoms with Crippen molar-refractivity contribution in [2.45, 2.75) is 26.4 Å². The van der Waals surface area contributed by atoms with Gasteiger partial charge < -0.3 is 14.2 Å². The number of halogens is 2. The number of carbonyl (C=O) groups is 2. The van der Waals surface area contributed by atoms with Crippen molar-refractivity contribution >= 4 is 34.9 Å². The van der Waals surface area contributed by atoms with Crippen LogP contribution in [0.5, 0.6) is 5.75 Å². The van der Waals surface area contributed by atoms with E-state index in [0.29, 0.717) is 64.6 Å². The van der Waals surface area contributed by atoms with Gasteiger partial charge in [0.15, 0.2) is 12.4 Å². The molecule has 166 valence electrons. The van der Waals surface area contributed by atoms with Crippen molar-refractivity contribution in [3.63, 3.8) is 0 Å². The van der Waals surface area contributed by atoms with Gasteiger partial charge in [0.25, 0.3) is 5.91 Å². The van der Waals surface area contributed by atoms with Gasteiger partial charge in [-0.2, -0.15) is 4.98 Å². The molecule has 3 aromatic rings. The number of ketones is 1. The number of likely N-dealkylation sites (tertiary alicyclic amines) is 1. The first kappa shape index (κ1) is 22.3. The molecule has 0 spiro atoms. The van der Waals surface area contributed by atoms with E-state index < -0.39 is 0 Å². The summed E-state index contributed by atoms with van der Waals surface area (Å²) in [4.78, 5) is 31.5. The molecule has 1 fully saturated rings. The van der Waals surface area contributed by atoms with Crippen LogP contribution in [0.4, 0.5) is 0 Å². The smallest absolute Gasteiger partial charge is 0.253 e. The molecule has 2 heterocycles. The highest BCUT2D eigenvalue weighted by molar-refractivity contribution is 6.42. The van der Waals surface area contributed by atoms with E-state index in [1.807, 2.05) is 0 Å². The van der Waals surface area contributed by atoms with Gasteiger partial charge in [0.05, 0.1) is 10.0 Å². The Morgan fingerprint density at radius 1 is 1.06 bits per heavy atom. The van der Waals surface area contributed by atoms with Gasteiger partial charge in [-0.3, -0.25) is 9.59 Å². The van der Waals surface area contributed by atoms with Crippen molar-refractivity contribution in [3.05, 3.63) is 75.4 Å². The molecule has 0 bridgehead atoms. The van der Waals surface area contributed by atoms with Crippen molar-refractivity contribution in [2.75, 3.05) is 13.1 Å². The Bertz CT molecular complexity index is 1120. The lowest BCUT2D eigenvalue weighted by molar-refractivity contribution is 0.0650. The number of carbonyl (C=O) groups excluding carboxylic acids is 2. The fourth-order valence-corrected chi connectivity index (χ4v) is 3.95. The summed E-state index contributed by atoms with van der Waals surface area (Å²) in [5.41, 5.74) is 1.12. The Morgan fingerprint density at radius 2 is 1.75 bits per heavy atom. The second kappa shape index (κ2) is 9.71. The normalized spacial score (nSPS) is 14.4. The molecular formula is C23H21Cl2N3O4. The second-order valence-corrected chi connectivity index (χ2v) is 8.42. The molecule has 0 N–H and O–H groups in total. The van der Waals surface area contributed by atoms with Gasteiger partial charge in [-0.15, -0.1) is 0 Å². The molecule has 1 saturated heterocycles. The maximum atomic E-state index is 12.9. The van der Waals surface area contributed by atoms with Crippen molar-refractivity contribution in [1.29, 1.82) is 0 Å². The highest BCUT2D eigenvalue weighted by atomic mass is 35.5. The molecule has 0 radical (unpaired) electrons.